The molecule has 1 saturated heterocycles. The summed E-state index contributed by atoms with van der Waals surface area (Å²) in [6.45, 7) is 0.901. The first-order valence-corrected chi connectivity index (χ1v) is 3.94. The number of carboxylic acids is 1. The number of nitrogens with zero attached hydrogens (tertiary/aromatic N) is 5. The van der Waals surface area contributed by atoms with Crippen molar-refractivity contribution in [2.75, 3.05) is 13.1 Å². The van der Waals surface area contributed by atoms with Crippen LogP contribution in [-0.4, -0.2) is 44.2 Å². The van der Waals surface area contributed by atoms with E-state index in [0.717, 1.165) is 0 Å². The lowest BCUT2D eigenvalue weighted by Gasteiger charge is -2.33. The normalized spacial score (nSPS) is 16.4. The van der Waals surface area contributed by atoms with Gasteiger partial charge in [-0.25, -0.2) is 9.48 Å². The second kappa shape index (κ2) is 3.05. The van der Waals surface area contributed by atoms with Crippen molar-refractivity contribution >= 4 is 5.97 Å². The van der Waals surface area contributed by atoms with Crippen LogP contribution in [0, 0.1) is 4.91 Å². The van der Waals surface area contributed by atoms with E-state index in [9.17, 15) is 9.70 Å². The fraction of sp³-hybridized carbons (Fsp3) is 0.500. The van der Waals surface area contributed by atoms with Crippen LogP contribution in [0.25, 0.3) is 0 Å². The van der Waals surface area contributed by atoms with E-state index in [1.807, 2.05) is 0 Å². The van der Waals surface area contributed by atoms with Gasteiger partial charge >= 0.3 is 5.97 Å². The van der Waals surface area contributed by atoms with E-state index in [2.05, 4.69) is 15.6 Å². The van der Waals surface area contributed by atoms with Crippen molar-refractivity contribution in [3.05, 3.63) is 16.8 Å². The van der Waals surface area contributed by atoms with Crippen LogP contribution in [0.15, 0.2) is 11.5 Å². The standard InChI is InChI=1S/C6H7N5O3/c12-6(13)5-3-11(8-7-5)4-1-10(2-4)9-14/h3-4H,1-2H2,(H,12,13). The van der Waals surface area contributed by atoms with Crippen LogP contribution in [-0.2, 0) is 0 Å². The largest absolute Gasteiger partial charge is 0.476 e. The van der Waals surface area contributed by atoms with Crippen molar-refractivity contribution in [1.29, 1.82) is 0 Å². The van der Waals surface area contributed by atoms with Crippen LogP contribution in [0.5, 0.6) is 0 Å². The van der Waals surface area contributed by atoms with Crippen molar-refractivity contribution in [1.82, 2.24) is 20.0 Å². The predicted molar refractivity (Wildman–Crippen MR) is 43.4 cm³/mol. The molecule has 0 unspecified atom stereocenters. The molecule has 0 aliphatic carbocycles. The fourth-order valence-electron chi connectivity index (χ4n) is 1.22. The zero-order valence-electron chi connectivity index (χ0n) is 7.07. The number of hydrogen-bond acceptors (Lipinski definition) is 5. The third-order valence-corrected chi connectivity index (χ3v) is 2.06. The van der Waals surface area contributed by atoms with Crippen LogP contribution < -0.4 is 0 Å². The SMILES string of the molecule is O=NN1CC(n2cc(C(=O)O)nn2)C1. The number of aromatic nitrogens is 3. The Balaban J connectivity index is 2.04. The molecular formula is C6H7N5O3. The maximum atomic E-state index is 10.5. The molecule has 1 aromatic rings. The number of carboxylic acid groups (broad SMARTS) is 1. The summed E-state index contributed by atoms with van der Waals surface area (Å²) in [4.78, 5) is 20.5. The van der Waals surface area contributed by atoms with Gasteiger partial charge in [0.2, 0.25) is 0 Å². The molecule has 1 aromatic heterocycles. The monoisotopic (exact) mass is 197 g/mol. The summed E-state index contributed by atoms with van der Waals surface area (Å²) in [6, 6.07) is -0.00620. The first-order valence-electron chi connectivity index (χ1n) is 3.94. The molecule has 8 nitrogen and oxygen atoms in total. The minimum absolute atomic E-state index is 0.00620. The molecular weight excluding hydrogens is 190 g/mol. The van der Waals surface area contributed by atoms with Crippen LogP contribution >= 0.6 is 0 Å². The van der Waals surface area contributed by atoms with Crippen molar-refractivity contribution < 1.29 is 9.90 Å². The second-order valence-electron chi connectivity index (χ2n) is 3.00. The van der Waals surface area contributed by atoms with E-state index in [1.54, 1.807) is 0 Å². The molecule has 1 N–H and O–H groups in total. The topological polar surface area (TPSA) is 101 Å². The maximum Gasteiger partial charge on any atom is 0.358 e. The minimum Gasteiger partial charge on any atom is -0.476 e. The molecule has 0 spiro atoms. The lowest BCUT2D eigenvalue weighted by atomic mass is 10.2. The molecule has 0 saturated carbocycles. The molecule has 0 amide bonds. The highest BCUT2D eigenvalue weighted by Crippen LogP contribution is 2.19. The summed E-state index contributed by atoms with van der Waals surface area (Å²) in [5.41, 5.74) is -0.0949. The molecule has 8 heteroatoms. The molecule has 74 valence electrons. The molecule has 0 radical (unpaired) electrons. The van der Waals surface area contributed by atoms with Crippen LogP contribution in [0.4, 0.5) is 0 Å². The maximum absolute atomic E-state index is 10.5. The van der Waals surface area contributed by atoms with Crippen molar-refractivity contribution in [2.24, 2.45) is 5.29 Å². The van der Waals surface area contributed by atoms with E-state index >= 15 is 0 Å². The molecule has 1 aliphatic heterocycles. The highest BCUT2D eigenvalue weighted by Gasteiger charge is 2.29. The Bertz CT molecular complexity index is 369. The fourth-order valence-corrected chi connectivity index (χ4v) is 1.22. The van der Waals surface area contributed by atoms with Crippen LogP contribution in [0.3, 0.4) is 0 Å². The van der Waals surface area contributed by atoms with Gasteiger partial charge in [0, 0.05) is 0 Å². The van der Waals surface area contributed by atoms with E-state index in [-0.39, 0.29) is 11.7 Å². The number of carbonyl (C=O) groups is 1. The average Bonchev–Trinajstić information content (AvgIpc) is 2.51. The van der Waals surface area contributed by atoms with E-state index in [0.29, 0.717) is 13.1 Å². The first-order chi connectivity index (χ1) is 6.70. The molecule has 14 heavy (non-hydrogen) atoms. The van der Waals surface area contributed by atoms with Crippen molar-refractivity contribution in [3.8, 4) is 0 Å². The van der Waals surface area contributed by atoms with Gasteiger partial charge in [0.25, 0.3) is 0 Å². The molecule has 1 aliphatic rings. The summed E-state index contributed by atoms with van der Waals surface area (Å²) >= 11 is 0. The third-order valence-electron chi connectivity index (χ3n) is 2.06. The smallest absolute Gasteiger partial charge is 0.358 e. The second-order valence-corrected chi connectivity index (χ2v) is 3.00. The molecule has 2 heterocycles. The molecule has 2 rings (SSSR count). The summed E-state index contributed by atoms with van der Waals surface area (Å²) in [7, 11) is 0. The van der Waals surface area contributed by atoms with Gasteiger partial charge < -0.3 is 5.11 Å². The molecule has 0 atom stereocenters. The predicted octanol–water partition coefficient (Wildman–Crippen LogP) is -0.486. The van der Waals surface area contributed by atoms with E-state index in [1.165, 1.54) is 15.9 Å². The van der Waals surface area contributed by atoms with Crippen molar-refractivity contribution in [2.45, 2.75) is 6.04 Å². The molecule has 0 bridgehead atoms. The van der Waals surface area contributed by atoms with Gasteiger partial charge in [0.1, 0.15) is 0 Å². The zero-order valence-corrected chi connectivity index (χ0v) is 7.07. The van der Waals surface area contributed by atoms with Crippen molar-refractivity contribution in [3.63, 3.8) is 0 Å². The van der Waals surface area contributed by atoms with Gasteiger partial charge in [-0.3, -0.25) is 5.01 Å². The Morgan fingerprint density at radius 2 is 2.36 bits per heavy atom. The van der Waals surface area contributed by atoms with E-state index in [4.69, 9.17) is 5.11 Å². The Morgan fingerprint density at radius 1 is 1.64 bits per heavy atom. The Kier molecular flexibility index (Phi) is 1.88. The van der Waals surface area contributed by atoms with Gasteiger partial charge in [-0.05, 0) is 0 Å². The highest BCUT2D eigenvalue weighted by molar-refractivity contribution is 5.84. The molecule has 0 aromatic carbocycles. The number of nitroso groups, excluding NO2 is 1. The summed E-state index contributed by atoms with van der Waals surface area (Å²) in [5.74, 6) is -1.11. The quantitative estimate of drug-likeness (QED) is 0.656. The summed E-state index contributed by atoms with van der Waals surface area (Å²) in [6.07, 6.45) is 1.34. The van der Waals surface area contributed by atoms with Crippen LogP contribution in [0.1, 0.15) is 16.5 Å². The number of rotatable bonds is 3. The van der Waals surface area contributed by atoms with Gasteiger partial charge in [0.05, 0.1) is 30.6 Å². The third kappa shape index (κ3) is 1.30. The average molecular weight is 197 g/mol. The lowest BCUT2D eigenvalue weighted by molar-refractivity contribution is 0.0690. The minimum atomic E-state index is -1.11. The Morgan fingerprint density at radius 3 is 2.86 bits per heavy atom. The van der Waals surface area contributed by atoms with E-state index < -0.39 is 5.97 Å². The Labute approximate surface area is 78.1 Å². The van der Waals surface area contributed by atoms with Gasteiger partial charge in [0.15, 0.2) is 5.69 Å². The first kappa shape index (κ1) is 8.60. The zero-order chi connectivity index (χ0) is 10.1. The van der Waals surface area contributed by atoms with Gasteiger partial charge in [-0.1, -0.05) is 5.21 Å². The summed E-state index contributed by atoms with van der Waals surface area (Å²) < 4.78 is 1.44. The number of hydrogen-bond donors (Lipinski definition) is 1. The summed E-state index contributed by atoms with van der Waals surface area (Å²) in [5, 5.41) is 19.7. The number of aromatic carboxylic acids is 1. The molecule has 1 fully saturated rings. The van der Waals surface area contributed by atoms with Gasteiger partial charge in [-0.15, -0.1) is 10.0 Å². The highest BCUT2D eigenvalue weighted by atomic mass is 16.4. The lowest BCUT2D eigenvalue weighted by Crippen LogP contribution is -2.44. The Hall–Kier alpha value is -1.99. The van der Waals surface area contributed by atoms with Gasteiger partial charge in [-0.2, -0.15) is 0 Å². The van der Waals surface area contributed by atoms with Crippen LogP contribution in [0.2, 0.25) is 0 Å².